The molecule has 1 fully saturated rings. The topological polar surface area (TPSA) is 85.3 Å². The summed E-state index contributed by atoms with van der Waals surface area (Å²) in [5, 5.41) is 3.85. The van der Waals surface area contributed by atoms with Gasteiger partial charge in [-0.25, -0.2) is 13.1 Å². The second-order valence-electron chi connectivity index (χ2n) is 5.29. The molecule has 108 valence electrons. The van der Waals surface area contributed by atoms with Crippen molar-refractivity contribution in [2.24, 2.45) is 0 Å². The Morgan fingerprint density at radius 3 is 2.80 bits per heavy atom. The highest BCUT2D eigenvalue weighted by atomic mass is 32.2. The molecule has 1 saturated carbocycles. The number of rotatable bonds is 5. The van der Waals surface area contributed by atoms with Gasteiger partial charge in [0.25, 0.3) is 10.0 Å². The maximum absolute atomic E-state index is 12.2. The van der Waals surface area contributed by atoms with Gasteiger partial charge in [0, 0.05) is 18.0 Å². The Hall–Kier alpha value is -1.60. The van der Waals surface area contributed by atoms with Crippen LogP contribution >= 0.6 is 0 Å². The van der Waals surface area contributed by atoms with Crippen LogP contribution in [-0.2, 0) is 10.0 Å². The van der Waals surface area contributed by atoms with Crippen molar-refractivity contribution in [3.63, 3.8) is 0 Å². The van der Waals surface area contributed by atoms with Crippen molar-refractivity contribution in [1.82, 2.24) is 9.88 Å². The summed E-state index contributed by atoms with van der Waals surface area (Å²) in [5.41, 5.74) is 1.28. The summed E-state index contributed by atoms with van der Waals surface area (Å²) in [7, 11) is -3.69. The number of aromatic nitrogens is 1. The van der Waals surface area contributed by atoms with Crippen LogP contribution in [0.1, 0.15) is 38.3 Å². The third kappa shape index (κ3) is 2.51. The van der Waals surface area contributed by atoms with E-state index >= 15 is 0 Å². The van der Waals surface area contributed by atoms with Gasteiger partial charge in [-0.05, 0) is 32.8 Å². The first-order valence-corrected chi connectivity index (χ1v) is 8.02. The number of hydrogen-bond donors (Lipinski definition) is 1. The van der Waals surface area contributed by atoms with E-state index in [1.807, 2.05) is 0 Å². The Kier molecular flexibility index (Phi) is 3.18. The normalized spacial score (nSPS) is 15.9. The molecule has 0 aromatic carbocycles. The van der Waals surface area contributed by atoms with E-state index in [1.54, 1.807) is 26.0 Å². The van der Waals surface area contributed by atoms with Crippen LogP contribution in [0.3, 0.4) is 0 Å². The van der Waals surface area contributed by atoms with E-state index < -0.39 is 10.0 Å². The lowest BCUT2D eigenvalue weighted by molar-refractivity contribution is 0.414. The first kappa shape index (κ1) is 13.4. The lowest BCUT2D eigenvalue weighted by Gasteiger charge is -2.07. The van der Waals surface area contributed by atoms with Gasteiger partial charge >= 0.3 is 0 Å². The SMILES string of the molecule is CC(C)NS(=O)(=O)c1occc1-c1cc(C2CC2)no1. The van der Waals surface area contributed by atoms with Gasteiger partial charge in [0.2, 0.25) is 5.09 Å². The van der Waals surface area contributed by atoms with Gasteiger partial charge in [-0.1, -0.05) is 5.16 Å². The highest BCUT2D eigenvalue weighted by Gasteiger charge is 2.30. The minimum atomic E-state index is -3.69. The van der Waals surface area contributed by atoms with Gasteiger partial charge in [0.15, 0.2) is 5.76 Å². The van der Waals surface area contributed by atoms with Gasteiger partial charge in [-0.3, -0.25) is 0 Å². The third-order valence-electron chi connectivity index (χ3n) is 3.05. The summed E-state index contributed by atoms with van der Waals surface area (Å²) in [6.07, 6.45) is 3.55. The molecule has 0 unspecified atom stereocenters. The molecule has 0 spiro atoms. The summed E-state index contributed by atoms with van der Waals surface area (Å²) in [4.78, 5) is 0. The first-order chi connectivity index (χ1) is 9.47. The van der Waals surface area contributed by atoms with E-state index in [9.17, 15) is 8.42 Å². The quantitative estimate of drug-likeness (QED) is 0.916. The van der Waals surface area contributed by atoms with Crippen LogP contribution in [0.15, 0.2) is 32.4 Å². The molecule has 3 rings (SSSR count). The number of hydrogen-bond acceptors (Lipinski definition) is 5. The van der Waals surface area contributed by atoms with Gasteiger partial charge in [0.05, 0.1) is 17.5 Å². The molecule has 2 aromatic rings. The summed E-state index contributed by atoms with van der Waals surface area (Å²) in [5.74, 6) is 0.873. The second-order valence-corrected chi connectivity index (χ2v) is 6.90. The fourth-order valence-electron chi connectivity index (χ4n) is 2.04. The molecule has 1 aliphatic carbocycles. The number of nitrogens with zero attached hydrogens (tertiary/aromatic N) is 1. The molecule has 7 heteroatoms. The molecule has 0 amide bonds. The Labute approximate surface area is 117 Å². The van der Waals surface area contributed by atoms with Crippen LogP contribution in [0.2, 0.25) is 0 Å². The smallest absolute Gasteiger partial charge is 0.274 e. The average molecular weight is 296 g/mol. The van der Waals surface area contributed by atoms with Crippen molar-refractivity contribution in [2.75, 3.05) is 0 Å². The zero-order chi connectivity index (χ0) is 14.3. The van der Waals surface area contributed by atoms with Crippen molar-refractivity contribution in [3.05, 3.63) is 24.1 Å². The molecule has 2 heterocycles. The molecule has 20 heavy (non-hydrogen) atoms. The fourth-order valence-corrected chi connectivity index (χ4v) is 3.41. The molecule has 0 atom stereocenters. The van der Waals surface area contributed by atoms with Crippen LogP contribution in [0.25, 0.3) is 11.3 Å². The predicted octanol–water partition coefficient (Wildman–Crippen LogP) is 2.50. The van der Waals surface area contributed by atoms with E-state index in [-0.39, 0.29) is 11.1 Å². The molecular formula is C13H16N2O4S. The standard InChI is InChI=1S/C13H16N2O4S/c1-8(2)15-20(16,17)13-10(5-6-18-13)12-7-11(14-19-12)9-3-4-9/h5-9,15H,3-4H2,1-2H3. The Bertz CT molecular complexity index is 710. The predicted molar refractivity (Wildman–Crippen MR) is 71.6 cm³/mol. The van der Waals surface area contributed by atoms with Crippen molar-refractivity contribution < 1.29 is 17.4 Å². The summed E-state index contributed by atoms with van der Waals surface area (Å²) < 4.78 is 37.2. The van der Waals surface area contributed by atoms with Crippen LogP contribution in [-0.4, -0.2) is 19.6 Å². The van der Waals surface area contributed by atoms with E-state index in [2.05, 4.69) is 9.88 Å². The zero-order valence-corrected chi connectivity index (χ0v) is 12.1. The minimum Gasteiger partial charge on any atom is -0.451 e. The zero-order valence-electron chi connectivity index (χ0n) is 11.3. The highest BCUT2D eigenvalue weighted by Crippen LogP contribution is 2.41. The van der Waals surface area contributed by atoms with E-state index in [1.165, 1.54) is 6.26 Å². The summed E-state index contributed by atoms with van der Waals surface area (Å²) >= 11 is 0. The molecule has 1 aliphatic rings. The maximum Gasteiger partial charge on any atom is 0.274 e. The first-order valence-electron chi connectivity index (χ1n) is 6.54. The van der Waals surface area contributed by atoms with Crippen LogP contribution < -0.4 is 4.72 Å². The van der Waals surface area contributed by atoms with Crippen molar-refractivity contribution in [1.29, 1.82) is 0 Å². The van der Waals surface area contributed by atoms with Crippen molar-refractivity contribution in [2.45, 2.75) is 43.7 Å². The number of furan rings is 1. The number of sulfonamides is 1. The highest BCUT2D eigenvalue weighted by molar-refractivity contribution is 7.89. The van der Waals surface area contributed by atoms with Gasteiger partial charge in [-0.2, -0.15) is 0 Å². The molecule has 0 radical (unpaired) electrons. The van der Waals surface area contributed by atoms with E-state index in [4.69, 9.17) is 8.94 Å². The lowest BCUT2D eigenvalue weighted by Crippen LogP contribution is -2.30. The molecule has 0 bridgehead atoms. The Morgan fingerprint density at radius 2 is 2.15 bits per heavy atom. The Balaban J connectivity index is 1.96. The largest absolute Gasteiger partial charge is 0.451 e. The van der Waals surface area contributed by atoms with E-state index in [0.29, 0.717) is 17.2 Å². The van der Waals surface area contributed by atoms with Gasteiger partial charge < -0.3 is 8.94 Å². The summed E-state index contributed by atoms with van der Waals surface area (Å²) in [6, 6.07) is 3.15. The monoisotopic (exact) mass is 296 g/mol. The lowest BCUT2D eigenvalue weighted by atomic mass is 10.2. The number of nitrogens with one attached hydrogen (secondary N) is 1. The summed E-state index contributed by atoms with van der Waals surface area (Å²) in [6.45, 7) is 3.50. The molecular weight excluding hydrogens is 280 g/mol. The molecule has 0 aliphatic heterocycles. The second kappa shape index (κ2) is 4.75. The van der Waals surface area contributed by atoms with Crippen molar-refractivity contribution in [3.8, 4) is 11.3 Å². The van der Waals surface area contributed by atoms with Crippen molar-refractivity contribution >= 4 is 10.0 Å². The Morgan fingerprint density at radius 1 is 1.40 bits per heavy atom. The van der Waals surface area contributed by atoms with E-state index in [0.717, 1.165) is 18.5 Å². The fraction of sp³-hybridized carbons (Fsp3) is 0.462. The average Bonchev–Trinajstić information content (AvgIpc) is 2.91. The van der Waals surface area contributed by atoms with Gasteiger partial charge in [-0.15, -0.1) is 0 Å². The minimum absolute atomic E-state index is 0.135. The van der Waals surface area contributed by atoms with Crippen LogP contribution in [0.5, 0.6) is 0 Å². The molecule has 0 saturated heterocycles. The molecule has 2 aromatic heterocycles. The molecule has 1 N–H and O–H groups in total. The van der Waals surface area contributed by atoms with Crippen LogP contribution in [0, 0.1) is 0 Å². The molecule has 6 nitrogen and oxygen atoms in total. The maximum atomic E-state index is 12.2. The van der Waals surface area contributed by atoms with Gasteiger partial charge in [0.1, 0.15) is 0 Å². The van der Waals surface area contributed by atoms with Crippen LogP contribution in [0.4, 0.5) is 0 Å². The third-order valence-corrected chi connectivity index (χ3v) is 4.64.